The molecule has 3 N–H and O–H groups in total. The van der Waals surface area contributed by atoms with Crippen molar-refractivity contribution in [2.75, 3.05) is 5.32 Å². The van der Waals surface area contributed by atoms with Crippen molar-refractivity contribution in [3.05, 3.63) is 29.3 Å². The van der Waals surface area contributed by atoms with E-state index in [0.717, 1.165) is 23.1 Å². The highest BCUT2D eigenvalue weighted by Gasteiger charge is 2.13. The molecule has 0 saturated heterocycles. The minimum absolute atomic E-state index is 0.0912. The Kier molecular flexibility index (Phi) is 4.51. The lowest BCUT2D eigenvalue weighted by Gasteiger charge is -2.13. The third-order valence-electron chi connectivity index (χ3n) is 2.70. The molecular formula is C12H16N4O2S. The molecule has 6 nitrogen and oxygen atoms in total. The molecule has 1 unspecified atom stereocenters. The number of nitrogens with one attached hydrogen (secondary N) is 2. The van der Waals surface area contributed by atoms with Gasteiger partial charge in [0.25, 0.3) is 0 Å². The summed E-state index contributed by atoms with van der Waals surface area (Å²) in [7, 11) is 0. The molecule has 0 aliphatic rings. The SMILES string of the molecule is CCC(Nc1nc(CCC(=O)O)cs1)c1ncc[nH]1. The van der Waals surface area contributed by atoms with E-state index in [0.29, 0.717) is 6.42 Å². The lowest BCUT2D eigenvalue weighted by Crippen LogP contribution is -2.11. The summed E-state index contributed by atoms with van der Waals surface area (Å²) in [6.45, 7) is 2.07. The number of imidazole rings is 1. The fourth-order valence-electron chi connectivity index (χ4n) is 1.70. The Morgan fingerprint density at radius 2 is 2.47 bits per heavy atom. The van der Waals surface area contributed by atoms with Crippen LogP contribution in [-0.4, -0.2) is 26.0 Å². The van der Waals surface area contributed by atoms with Crippen molar-refractivity contribution in [2.24, 2.45) is 0 Å². The Hall–Kier alpha value is -1.89. The summed E-state index contributed by atoms with van der Waals surface area (Å²) in [6, 6.07) is 0.0912. The van der Waals surface area contributed by atoms with Crippen LogP contribution < -0.4 is 5.32 Å². The molecule has 2 heterocycles. The summed E-state index contributed by atoms with van der Waals surface area (Å²) in [5.41, 5.74) is 0.809. The predicted molar refractivity (Wildman–Crippen MR) is 73.3 cm³/mol. The lowest BCUT2D eigenvalue weighted by molar-refractivity contribution is -0.136. The second kappa shape index (κ2) is 6.33. The van der Waals surface area contributed by atoms with E-state index in [2.05, 4.69) is 27.2 Å². The Bertz CT molecular complexity index is 524. The van der Waals surface area contributed by atoms with E-state index in [9.17, 15) is 4.79 Å². The molecule has 0 spiro atoms. The minimum atomic E-state index is -0.801. The van der Waals surface area contributed by atoms with Gasteiger partial charge in [-0.2, -0.15) is 0 Å². The monoisotopic (exact) mass is 280 g/mol. The zero-order valence-corrected chi connectivity index (χ0v) is 11.4. The first kappa shape index (κ1) is 13.5. The van der Waals surface area contributed by atoms with Crippen LogP contribution in [0.15, 0.2) is 17.8 Å². The van der Waals surface area contributed by atoms with Crippen molar-refractivity contribution in [2.45, 2.75) is 32.2 Å². The van der Waals surface area contributed by atoms with Crippen LogP contribution in [0, 0.1) is 0 Å². The van der Waals surface area contributed by atoms with Gasteiger partial charge >= 0.3 is 5.97 Å². The van der Waals surface area contributed by atoms with Crippen LogP contribution >= 0.6 is 11.3 Å². The van der Waals surface area contributed by atoms with E-state index in [-0.39, 0.29) is 12.5 Å². The number of aromatic nitrogens is 3. The van der Waals surface area contributed by atoms with Crippen LogP contribution in [0.3, 0.4) is 0 Å². The van der Waals surface area contributed by atoms with Crippen molar-refractivity contribution >= 4 is 22.4 Å². The maximum Gasteiger partial charge on any atom is 0.303 e. The van der Waals surface area contributed by atoms with Gasteiger partial charge < -0.3 is 15.4 Å². The Balaban J connectivity index is 1.97. The molecule has 0 aliphatic carbocycles. The quantitative estimate of drug-likeness (QED) is 0.724. The van der Waals surface area contributed by atoms with E-state index in [1.807, 2.05) is 5.38 Å². The van der Waals surface area contributed by atoms with E-state index in [4.69, 9.17) is 5.11 Å². The zero-order chi connectivity index (χ0) is 13.7. The van der Waals surface area contributed by atoms with Crippen LogP contribution in [0.25, 0.3) is 0 Å². The summed E-state index contributed by atoms with van der Waals surface area (Å²) in [6.07, 6.45) is 4.97. The molecule has 19 heavy (non-hydrogen) atoms. The molecule has 2 rings (SSSR count). The standard InChI is InChI=1S/C12H16N4O2S/c1-2-9(11-13-5-6-14-11)16-12-15-8(7-19-12)3-4-10(17)18/h5-7,9H,2-4H2,1H3,(H,13,14)(H,15,16)(H,17,18). The number of carbonyl (C=O) groups is 1. The fraction of sp³-hybridized carbons (Fsp3) is 0.417. The molecule has 0 bridgehead atoms. The molecule has 2 aromatic heterocycles. The smallest absolute Gasteiger partial charge is 0.303 e. The number of hydrogen-bond acceptors (Lipinski definition) is 5. The van der Waals surface area contributed by atoms with Crippen LogP contribution in [0.2, 0.25) is 0 Å². The van der Waals surface area contributed by atoms with Gasteiger partial charge in [-0.15, -0.1) is 11.3 Å². The van der Waals surface area contributed by atoms with E-state index < -0.39 is 5.97 Å². The Labute approximate surface area is 114 Å². The van der Waals surface area contributed by atoms with Crippen LogP contribution in [0.4, 0.5) is 5.13 Å². The summed E-state index contributed by atoms with van der Waals surface area (Å²) in [5.74, 6) is 0.0781. The molecule has 1 atom stereocenters. The molecule has 0 radical (unpaired) electrons. The number of carboxylic acids is 1. The highest BCUT2D eigenvalue weighted by molar-refractivity contribution is 7.13. The first-order valence-electron chi connectivity index (χ1n) is 6.11. The molecule has 7 heteroatoms. The summed E-state index contributed by atoms with van der Waals surface area (Å²) < 4.78 is 0. The maximum atomic E-state index is 10.5. The maximum absolute atomic E-state index is 10.5. The van der Waals surface area contributed by atoms with E-state index >= 15 is 0 Å². The molecule has 0 amide bonds. The predicted octanol–water partition coefficient (Wildman–Crippen LogP) is 2.45. The van der Waals surface area contributed by atoms with Crippen molar-refractivity contribution in [1.29, 1.82) is 0 Å². The number of H-pyrrole nitrogens is 1. The largest absolute Gasteiger partial charge is 0.481 e. The first-order chi connectivity index (χ1) is 9.19. The van der Waals surface area contributed by atoms with Crippen molar-refractivity contribution in [3.63, 3.8) is 0 Å². The minimum Gasteiger partial charge on any atom is -0.481 e. The van der Waals surface area contributed by atoms with E-state index in [1.165, 1.54) is 11.3 Å². The number of anilines is 1. The molecule has 0 fully saturated rings. The average molecular weight is 280 g/mol. The van der Waals surface area contributed by atoms with Crippen LogP contribution in [0.5, 0.6) is 0 Å². The molecule has 0 saturated carbocycles. The Morgan fingerprint density at radius 3 is 3.11 bits per heavy atom. The van der Waals surface area contributed by atoms with Crippen molar-refractivity contribution < 1.29 is 9.90 Å². The first-order valence-corrected chi connectivity index (χ1v) is 6.99. The van der Waals surface area contributed by atoms with Crippen LogP contribution in [-0.2, 0) is 11.2 Å². The van der Waals surface area contributed by atoms with Gasteiger partial charge in [-0.05, 0) is 6.42 Å². The van der Waals surface area contributed by atoms with Gasteiger partial charge in [0.15, 0.2) is 5.13 Å². The van der Waals surface area contributed by atoms with Gasteiger partial charge in [0.1, 0.15) is 5.82 Å². The van der Waals surface area contributed by atoms with Crippen LogP contribution in [0.1, 0.15) is 37.3 Å². The number of hydrogen-bond donors (Lipinski definition) is 3. The van der Waals surface area contributed by atoms with Gasteiger partial charge in [-0.3, -0.25) is 4.79 Å². The van der Waals surface area contributed by atoms with Crippen molar-refractivity contribution in [1.82, 2.24) is 15.0 Å². The molecule has 0 aliphatic heterocycles. The highest BCUT2D eigenvalue weighted by atomic mass is 32.1. The molecule has 2 aromatic rings. The number of aryl methyl sites for hydroxylation is 1. The zero-order valence-electron chi connectivity index (χ0n) is 10.6. The fourth-order valence-corrected chi connectivity index (χ4v) is 2.50. The highest BCUT2D eigenvalue weighted by Crippen LogP contribution is 2.23. The third kappa shape index (κ3) is 3.78. The number of rotatable bonds is 7. The van der Waals surface area contributed by atoms with E-state index in [1.54, 1.807) is 12.4 Å². The number of nitrogens with zero attached hydrogens (tertiary/aromatic N) is 2. The lowest BCUT2D eigenvalue weighted by atomic mass is 10.2. The second-order valence-corrected chi connectivity index (χ2v) is 4.98. The summed E-state index contributed by atoms with van der Waals surface area (Å²) in [5, 5.41) is 14.6. The second-order valence-electron chi connectivity index (χ2n) is 4.12. The molecule has 102 valence electrons. The summed E-state index contributed by atoms with van der Waals surface area (Å²) in [4.78, 5) is 22.2. The number of carboxylic acid groups (broad SMARTS) is 1. The van der Waals surface area contributed by atoms with Crippen molar-refractivity contribution in [3.8, 4) is 0 Å². The third-order valence-corrected chi connectivity index (χ3v) is 3.52. The van der Waals surface area contributed by atoms with Gasteiger partial charge in [-0.1, -0.05) is 6.92 Å². The summed E-state index contributed by atoms with van der Waals surface area (Å²) >= 11 is 1.49. The van der Waals surface area contributed by atoms with Gasteiger partial charge in [0, 0.05) is 24.2 Å². The normalized spacial score (nSPS) is 12.3. The molecule has 0 aromatic carbocycles. The Morgan fingerprint density at radius 1 is 1.63 bits per heavy atom. The number of thiazole rings is 1. The average Bonchev–Trinajstić information content (AvgIpc) is 3.05. The van der Waals surface area contributed by atoms with Gasteiger partial charge in [0.2, 0.25) is 0 Å². The number of aliphatic carboxylic acids is 1. The number of aromatic amines is 1. The van der Waals surface area contributed by atoms with Gasteiger partial charge in [0.05, 0.1) is 18.2 Å². The molecular weight excluding hydrogens is 264 g/mol. The topological polar surface area (TPSA) is 90.9 Å². The van der Waals surface area contributed by atoms with Gasteiger partial charge in [-0.25, -0.2) is 9.97 Å².